The summed E-state index contributed by atoms with van der Waals surface area (Å²) in [6, 6.07) is 94.7. The van der Waals surface area contributed by atoms with Crippen molar-refractivity contribution in [2.24, 2.45) is 0 Å². The summed E-state index contributed by atoms with van der Waals surface area (Å²) in [5, 5.41) is 20.1. The molecule has 0 heterocycles. The van der Waals surface area contributed by atoms with Crippen LogP contribution in [0.1, 0.15) is 0 Å². The van der Waals surface area contributed by atoms with Gasteiger partial charge in [0.1, 0.15) is 0 Å². The van der Waals surface area contributed by atoms with Gasteiger partial charge in [0.15, 0.2) is 0 Å². The van der Waals surface area contributed by atoms with Crippen molar-refractivity contribution in [3.63, 3.8) is 0 Å². The maximum atomic E-state index is 2.40. The molecule has 68 heavy (non-hydrogen) atoms. The van der Waals surface area contributed by atoms with Gasteiger partial charge in [0.05, 0.1) is 0 Å². The molecule has 0 aliphatic heterocycles. The molecular formula is C68H42. The minimum atomic E-state index is 1.21. The van der Waals surface area contributed by atoms with Gasteiger partial charge in [-0.05, 0) is 166 Å². The molecule has 314 valence electrons. The molecule has 0 aliphatic rings. The van der Waals surface area contributed by atoms with Crippen LogP contribution >= 0.6 is 0 Å². The van der Waals surface area contributed by atoms with Gasteiger partial charge in [-0.1, -0.05) is 231 Å². The Morgan fingerprint density at radius 3 is 0.765 bits per heavy atom. The first-order valence-corrected chi connectivity index (χ1v) is 23.7. The molecule has 0 unspecified atom stereocenters. The van der Waals surface area contributed by atoms with Gasteiger partial charge in [-0.25, -0.2) is 0 Å². The molecule has 0 bridgehead atoms. The Bertz CT molecular complexity index is 3970. The van der Waals surface area contributed by atoms with E-state index in [0.717, 1.165) is 0 Å². The summed E-state index contributed by atoms with van der Waals surface area (Å²) < 4.78 is 0. The molecule has 0 atom stereocenters. The Balaban J connectivity index is 0.905. The standard InChI is InChI=1S/C68H42/c1-3-19-53-45(15-1)17-13-29-55(53)67-61-25-9-5-21-57(61)65(58-22-6-10-26-62(58)67)49-37-33-43-31-35-47(39-51(43)41-49)48-36-32-44-34-38-50(42-52(44)40-48)66-59-23-7-11-27-63(59)68(64-28-12-8-24-60(64)66)56-30-14-18-46-16-2-4-20-54(46)56/h1-42H. The molecule has 14 rings (SSSR count). The maximum absolute atomic E-state index is 2.40. The molecule has 0 amide bonds. The van der Waals surface area contributed by atoms with Gasteiger partial charge in [0.25, 0.3) is 0 Å². The van der Waals surface area contributed by atoms with Gasteiger partial charge in [-0.3, -0.25) is 0 Å². The Morgan fingerprint density at radius 2 is 0.412 bits per heavy atom. The molecule has 0 N–H and O–H groups in total. The Hall–Kier alpha value is -8.84. The summed E-state index contributed by atoms with van der Waals surface area (Å²) in [7, 11) is 0. The quantitative estimate of drug-likeness (QED) is 0.151. The van der Waals surface area contributed by atoms with E-state index in [0.29, 0.717) is 0 Å². The summed E-state index contributed by atoms with van der Waals surface area (Å²) in [4.78, 5) is 0. The summed E-state index contributed by atoms with van der Waals surface area (Å²) in [5.41, 5.74) is 12.5. The topological polar surface area (TPSA) is 0 Å². The molecule has 0 fully saturated rings. The second-order valence-electron chi connectivity index (χ2n) is 18.3. The Labute approximate surface area is 394 Å². The van der Waals surface area contributed by atoms with E-state index in [-0.39, 0.29) is 0 Å². The van der Waals surface area contributed by atoms with E-state index in [9.17, 15) is 0 Å². The van der Waals surface area contributed by atoms with Crippen LogP contribution in [0.2, 0.25) is 0 Å². The van der Waals surface area contributed by atoms with Crippen LogP contribution in [0, 0.1) is 0 Å². The third-order valence-corrected chi connectivity index (χ3v) is 14.6. The highest BCUT2D eigenvalue weighted by Crippen LogP contribution is 2.48. The lowest BCUT2D eigenvalue weighted by Crippen LogP contribution is -1.92. The van der Waals surface area contributed by atoms with Crippen LogP contribution in [0.3, 0.4) is 0 Å². The normalized spacial score (nSPS) is 11.8. The van der Waals surface area contributed by atoms with E-state index in [4.69, 9.17) is 0 Å². The van der Waals surface area contributed by atoms with Gasteiger partial charge < -0.3 is 0 Å². The molecule has 0 nitrogen and oxygen atoms in total. The third kappa shape index (κ3) is 6.01. The van der Waals surface area contributed by atoms with E-state index in [1.165, 1.54) is 142 Å². The van der Waals surface area contributed by atoms with Crippen molar-refractivity contribution in [3.8, 4) is 55.6 Å². The fraction of sp³-hybridized carbons (Fsp3) is 0. The zero-order chi connectivity index (χ0) is 44.7. The summed E-state index contributed by atoms with van der Waals surface area (Å²) >= 11 is 0. The van der Waals surface area contributed by atoms with Crippen molar-refractivity contribution in [3.05, 3.63) is 255 Å². The number of hydrogen-bond donors (Lipinski definition) is 0. The second-order valence-corrected chi connectivity index (χ2v) is 18.3. The smallest absolute Gasteiger partial charge is 0.00201 e. The predicted octanol–water partition coefficient (Wildman–Crippen LogP) is 19.2. The van der Waals surface area contributed by atoms with Gasteiger partial charge >= 0.3 is 0 Å². The van der Waals surface area contributed by atoms with Crippen LogP contribution in [-0.4, -0.2) is 0 Å². The first-order chi connectivity index (χ1) is 33.7. The monoisotopic (exact) mass is 858 g/mol. The van der Waals surface area contributed by atoms with Gasteiger partial charge in [0.2, 0.25) is 0 Å². The van der Waals surface area contributed by atoms with E-state index in [1.54, 1.807) is 0 Å². The molecular weight excluding hydrogens is 817 g/mol. The SMILES string of the molecule is c1ccc2c(-c3c4ccccc4c(-c4ccc5ccc(-c6ccc7ccc(-c8c9ccccc9c(-c9cccc%10ccccc9%10)c9ccccc89)cc7c6)cc5c4)c4ccccc34)cccc2c1. The van der Waals surface area contributed by atoms with Gasteiger partial charge in [-0.15, -0.1) is 0 Å². The van der Waals surface area contributed by atoms with E-state index >= 15 is 0 Å². The van der Waals surface area contributed by atoms with Crippen molar-refractivity contribution in [1.82, 2.24) is 0 Å². The fourth-order valence-corrected chi connectivity index (χ4v) is 11.5. The van der Waals surface area contributed by atoms with Gasteiger partial charge in [-0.2, -0.15) is 0 Å². The van der Waals surface area contributed by atoms with E-state index in [2.05, 4.69) is 255 Å². The van der Waals surface area contributed by atoms with Crippen molar-refractivity contribution in [1.29, 1.82) is 0 Å². The molecule has 14 aromatic carbocycles. The van der Waals surface area contributed by atoms with Crippen LogP contribution in [0.15, 0.2) is 255 Å². The Morgan fingerprint density at radius 1 is 0.147 bits per heavy atom. The zero-order valence-electron chi connectivity index (χ0n) is 37.2. The number of fused-ring (bicyclic) bond motifs is 8. The van der Waals surface area contributed by atoms with Crippen LogP contribution in [0.5, 0.6) is 0 Å². The molecule has 0 saturated heterocycles. The average molecular weight is 859 g/mol. The summed E-state index contributed by atoms with van der Waals surface area (Å²) in [5.74, 6) is 0. The number of benzene rings is 14. The van der Waals surface area contributed by atoms with Crippen LogP contribution in [0.25, 0.3) is 142 Å². The fourth-order valence-electron chi connectivity index (χ4n) is 11.5. The van der Waals surface area contributed by atoms with Crippen LogP contribution in [0.4, 0.5) is 0 Å². The Kier molecular flexibility index (Phi) is 8.69. The largest absolute Gasteiger partial charge is 0.0616 e. The van der Waals surface area contributed by atoms with E-state index < -0.39 is 0 Å². The summed E-state index contributed by atoms with van der Waals surface area (Å²) in [6.45, 7) is 0. The lowest BCUT2D eigenvalue weighted by molar-refractivity contribution is 1.65. The molecule has 0 saturated carbocycles. The average Bonchev–Trinajstić information content (AvgIpc) is 3.41. The van der Waals surface area contributed by atoms with Gasteiger partial charge in [0, 0.05) is 0 Å². The third-order valence-electron chi connectivity index (χ3n) is 14.6. The lowest BCUT2D eigenvalue weighted by Gasteiger charge is -2.19. The number of rotatable bonds is 5. The molecule has 0 heteroatoms. The zero-order valence-corrected chi connectivity index (χ0v) is 37.2. The van der Waals surface area contributed by atoms with Crippen molar-refractivity contribution < 1.29 is 0 Å². The van der Waals surface area contributed by atoms with Crippen LogP contribution in [-0.2, 0) is 0 Å². The first kappa shape index (κ1) is 38.4. The minimum Gasteiger partial charge on any atom is -0.0616 e. The molecule has 0 aromatic heterocycles. The lowest BCUT2D eigenvalue weighted by atomic mass is 9.84. The maximum Gasteiger partial charge on any atom is -0.00201 e. The second kappa shape index (κ2) is 15.4. The minimum absolute atomic E-state index is 1.21. The highest BCUT2D eigenvalue weighted by atomic mass is 14.2. The number of hydrogen-bond acceptors (Lipinski definition) is 0. The molecule has 14 aromatic rings. The first-order valence-electron chi connectivity index (χ1n) is 23.7. The highest BCUT2D eigenvalue weighted by Gasteiger charge is 2.20. The van der Waals surface area contributed by atoms with E-state index in [1.807, 2.05) is 0 Å². The highest BCUT2D eigenvalue weighted by molar-refractivity contribution is 6.25. The predicted molar refractivity (Wildman–Crippen MR) is 294 cm³/mol. The summed E-state index contributed by atoms with van der Waals surface area (Å²) in [6.07, 6.45) is 0. The van der Waals surface area contributed by atoms with Crippen molar-refractivity contribution in [2.45, 2.75) is 0 Å². The molecule has 0 spiro atoms. The van der Waals surface area contributed by atoms with Crippen LogP contribution < -0.4 is 0 Å². The van der Waals surface area contributed by atoms with Crippen molar-refractivity contribution in [2.75, 3.05) is 0 Å². The molecule has 0 radical (unpaired) electrons. The van der Waals surface area contributed by atoms with Crippen molar-refractivity contribution >= 4 is 86.2 Å². The molecule has 0 aliphatic carbocycles.